The maximum atomic E-state index is 11.6. The molecule has 98 valence electrons. The van der Waals surface area contributed by atoms with E-state index < -0.39 is 10.0 Å². The number of nitriles is 1. The van der Waals surface area contributed by atoms with Crippen LogP contribution in [0.2, 0.25) is 0 Å². The summed E-state index contributed by atoms with van der Waals surface area (Å²) in [6, 6.07) is 1.99. The van der Waals surface area contributed by atoms with Crippen molar-refractivity contribution in [1.82, 2.24) is 4.72 Å². The highest BCUT2D eigenvalue weighted by Gasteiger charge is 2.26. The third-order valence-electron chi connectivity index (χ3n) is 3.14. The lowest BCUT2D eigenvalue weighted by molar-refractivity contribution is 0.134. The fourth-order valence-electron chi connectivity index (χ4n) is 2.06. The third-order valence-corrected chi connectivity index (χ3v) is 4.57. The molecule has 2 N–H and O–H groups in total. The van der Waals surface area contributed by atoms with Gasteiger partial charge >= 0.3 is 0 Å². The van der Waals surface area contributed by atoms with Crippen molar-refractivity contribution in [2.45, 2.75) is 44.6 Å². The fourth-order valence-corrected chi connectivity index (χ4v) is 3.25. The molecule has 0 heterocycles. The Labute approximate surface area is 103 Å². The van der Waals surface area contributed by atoms with Gasteiger partial charge in [0, 0.05) is 13.0 Å². The van der Waals surface area contributed by atoms with Crippen LogP contribution < -0.4 is 4.72 Å². The van der Waals surface area contributed by atoms with Crippen molar-refractivity contribution in [3.8, 4) is 6.07 Å². The molecule has 6 heteroatoms. The van der Waals surface area contributed by atoms with E-state index in [0.29, 0.717) is 25.8 Å². The largest absolute Gasteiger partial charge is 0.393 e. The minimum absolute atomic E-state index is 0.0592. The number of hydrogen-bond acceptors (Lipinski definition) is 4. The summed E-state index contributed by atoms with van der Waals surface area (Å²) in [6.45, 7) is 0.335. The van der Waals surface area contributed by atoms with Crippen LogP contribution >= 0.6 is 0 Å². The van der Waals surface area contributed by atoms with Gasteiger partial charge in [-0.2, -0.15) is 5.26 Å². The van der Waals surface area contributed by atoms with Crippen molar-refractivity contribution in [3.63, 3.8) is 0 Å². The van der Waals surface area contributed by atoms with Gasteiger partial charge in [0.2, 0.25) is 10.0 Å². The quantitative estimate of drug-likeness (QED) is 0.661. The number of nitrogens with one attached hydrogen (secondary N) is 1. The van der Waals surface area contributed by atoms with E-state index in [1.165, 1.54) is 0 Å². The van der Waals surface area contributed by atoms with E-state index in [-0.39, 0.29) is 17.8 Å². The Bertz CT molecular complexity index is 361. The predicted molar refractivity (Wildman–Crippen MR) is 64.6 cm³/mol. The van der Waals surface area contributed by atoms with Gasteiger partial charge in [-0.25, -0.2) is 13.1 Å². The zero-order valence-corrected chi connectivity index (χ0v) is 10.7. The Balaban J connectivity index is 2.22. The second kappa shape index (κ2) is 6.94. The smallest absolute Gasteiger partial charge is 0.211 e. The molecule has 0 bridgehead atoms. The van der Waals surface area contributed by atoms with Crippen LogP contribution in [0.1, 0.15) is 38.5 Å². The van der Waals surface area contributed by atoms with Crippen LogP contribution in [0.15, 0.2) is 0 Å². The minimum Gasteiger partial charge on any atom is -0.393 e. The van der Waals surface area contributed by atoms with Crippen LogP contribution in [0, 0.1) is 17.2 Å². The molecule has 17 heavy (non-hydrogen) atoms. The molecule has 1 rings (SSSR count). The van der Waals surface area contributed by atoms with Crippen molar-refractivity contribution < 1.29 is 13.5 Å². The van der Waals surface area contributed by atoms with Gasteiger partial charge in [0.15, 0.2) is 0 Å². The van der Waals surface area contributed by atoms with Crippen LogP contribution in [0.5, 0.6) is 0 Å². The molecule has 1 saturated carbocycles. The average molecular weight is 260 g/mol. The number of aliphatic hydroxyl groups excluding tert-OH is 1. The first-order chi connectivity index (χ1) is 8.05. The molecule has 0 aliphatic heterocycles. The van der Waals surface area contributed by atoms with Gasteiger partial charge in [0.25, 0.3) is 0 Å². The summed E-state index contributed by atoms with van der Waals surface area (Å²) in [5.74, 6) is 0.126. The van der Waals surface area contributed by atoms with Crippen molar-refractivity contribution in [2.75, 3.05) is 12.3 Å². The molecule has 1 aliphatic rings. The van der Waals surface area contributed by atoms with Crippen LogP contribution in [-0.4, -0.2) is 31.9 Å². The van der Waals surface area contributed by atoms with Crippen molar-refractivity contribution in [3.05, 3.63) is 0 Å². The molecule has 5 nitrogen and oxygen atoms in total. The Morgan fingerprint density at radius 3 is 2.71 bits per heavy atom. The van der Waals surface area contributed by atoms with Crippen LogP contribution in [0.25, 0.3) is 0 Å². The van der Waals surface area contributed by atoms with Crippen molar-refractivity contribution in [1.29, 1.82) is 5.26 Å². The minimum atomic E-state index is -3.24. The highest BCUT2D eigenvalue weighted by molar-refractivity contribution is 7.89. The highest BCUT2D eigenvalue weighted by Crippen LogP contribution is 2.24. The Morgan fingerprint density at radius 2 is 2.12 bits per heavy atom. The summed E-state index contributed by atoms with van der Waals surface area (Å²) in [6.07, 6.45) is 3.79. The zero-order chi connectivity index (χ0) is 12.7. The lowest BCUT2D eigenvalue weighted by Gasteiger charge is -2.15. The second-order valence-corrected chi connectivity index (χ2v) is 6.47. The second-order valence-electron chi connectivity index (χ2n) is 4.54. The first-order valence-corrected chi connectivity index (χ1v) is 7.73. The highest BCUT2D eigenvalue weighted by atomic mass is 32.2. The summed E-state index contributed by atoms with van der Waals surface area (Å²) in [5, 5.41) is 17.9. The van der Waals surface area contributed by atoms with Crippen molar-refractivity contribution in [2.24, 2.45) is 5.92 Å². The summed E-state index contributed by atoms with van der Waals surface area (Å²) in [7, 11) is -3.24. The van der Waals surface area contributed by atoms with E-state index >= 15 is 0 Å². The molecular formula is C11H20N2O3S. The summed E-state index contributed by atoms with van der Waals surface area (Å²) < 4.78 is 25.7. The van der Waals surface area contributed by atoms with E-state index in [9.17, 15) is 13.5 Å². The lowest BCUT2D eigenvalue weighted by Crippen LogP contribution is -2.33. The molecule has 2 unspecified atom stereocenters. The van der Waals surface area contributed by atoms with Crippen LogP contribution in [0.4, 0.5) is 0 Å². The lowest BCUT2D eigenvalue weighted by atomic mass is 10.1. The monoisotopic (exact) mass is 260 g/mol. The SMILES string of the molecule is N#CCCCCS(=O)(=O)NCC1CCCC1O. The van der Waals surface area contributed by atoms with Gasteiger partial charge < -0.3 is 5.11 Å². The molecule has 0 spiro atoms. The zero-order valence-electron chi connectivity index (χ0n) is 9.93. The number of aliphatic hydroxyl groups is 1. The Morgan fingerprint density at radius 1 is 1.35 bits per heavy atom. The number of nitrogens with zero attached hydrogens (tertiary/aromatic N) is 1. The van der Waals surface area contributed by atoms with Crippen LogP contribution in [0.3, 0.4) is 0 Å². The normalized spacial score (nSPS) is 24.7. The maximum absolute atomic E-state index is 11.6. The first-order valence-electron chi connectivity index (χ1n) is 6.07. The molecular weight excluding hydrogens is 240 g/mol. The summed E-state index contributed by atoms with van der Waals surface area (Å²) in [4.78, 5) is 0. The summed E-state index contributed by atoms with van der Waals surface area (Å²) >= 11 is 0. The van der Waals surface area contributed by atoms with Crippen molar-refractivity contribution >= 4 is 10.0 Å². The molecule has 2 atom stereocenters. The molecule has 0 amide bonds. The Kier molecular flexibility index (Phi) is 5.89. The van der Waals surface area contributed by atoms with E-state index in [4.69, 9.17) is 5.26 Å². The van der Waals surface area contributed by atoms with Crippen LogP contribution in [-0.2, 0) is 10.0 Å². The van der Waals surface area contributed by atoms with E-state index in [1.54, 1.807) is 0 Å². The maximum Gasteiger partial charge on any atom is 0.211 e. The number of hydrogen-bond donors (Lipinski definition) is 2. The van der Waals surface area contributed by atoms with Gasteiger partial charge in [-0.05, 0) is 31.6 Å². The standard InChI is InChI=1S/C11H20N2O3S/c12-7-2-1-3-8-17(15,16)13-9-10-5-4-6-11(10)14/h10-11,13-14H,1-6,8-9H2. The van der Waals surface area contributed by atoms with E-state index in [1.807, 2.05) is 6.07 Å². The van der Waals surface area contributed by atoms with Gasteiger partial charge in [0.05, 0.1) is 17.9 Å². The fraction of sp³-hybridized carbons (Fsp3) is 0.909. The topological polar surface area (TPSA) is 90.2 Å². The van der Waals surface area contributed by atoms with Gasteiger partial charge in [-0.15, -0.1) is 0 Å². The van der Waals surface area contributed by atoms with Gasteiger partial charge in [-0.1, -0.05) is 6.42 Å². The molecule has 0 saturated heterocycles. The number of unbranched alkanes of at least 4 members (excludes halogenated alkanes) is 2. The third kappa shape index (κ3) is 5.48. The molecule has 0 aromatic heterocycles. The number of sulfonamides is 1. The van der Waals surface area contributed by atoms with Gasteiger partial charge in [-0.3, -0.25) is 0 Å². The molecule has 0 aromatic carbocycles. The molecule has 0 radical (unpaired) electrons. The first kappa shape index (κ1) is 14.4. The molecule has 1 fully saturated rings. The Hall–Kier alpha value is -0.640. The molecule has 0 aromatic rings. The average Bonchev–Trinajstić information content (AvgIpc) is 2.68. The van der Waals surface area contributed by atoms with Gasteiger partial charge in [0.1, 0.15) is 0 Å². The number of rotatable bonds is 7. The summed E-state index contributed by atoms with van der Waals surface area (Å²) in [5.41, 5.74) is 0. The predicted octanol–water partition coefficient (Wildman–Crippen LogP) is 0.761. The molecule has 1 aliphatic carbocycles. The van der Waals surface area contributed by atoms with E-state index in [0.717, 1.165) is 19.3 Å². The van der Waals surface area contributed by atoms with E-state index in [2.05, 4.69) is 4.72 Å².